The van der Waals surface area contributed by atoms with E-state index in [4.69, 9.17) is 4.74 Å². The number of nitrogens with zero attached hydrogens (tertiary/aromatic N) is 1. The van der Waals surface area contributed by atoms with Crippen LogP contribution < -0.4 is 10.1 Å². The van der Waals surface area contributed by atoms with Gasteiger partial charge < -0.3 is 15.0 Å². The zero-order valence-corrected chi connectivity index (χ0v) is 17.5. The van der Waals surface area contributed by atoms with Crippen molar-refractivity contribution in [1.29, 1.82) is 0 Å². The van der Waals surface area contributed by atoms with Gasteiger partial charge in [0.2, 0.25) is 5.91 Å². The van der Waals surface area contributed by atoms with Crippen LogP contribution in [0.5, 0.6) is 5.75 Å². The third-order valence-electron chi connectivity index (χ3n) is 4.14. The highest BCUT2D eigenvalue weighted by Crippen LogP contribution is 2.16. The number of hydrogen-bond acceptors (Lipinski definition) is 3. The lowest BCUT2D eigenvalue weighted by atomic mass is 10.1. The van der Waals surface area contributed by atoms with Crippen LogP contribution in [-0.4, -0.2) is 35.9 Å². The minimum absolute atomic E-state index is 0.121. The molecule has 1 atom stereocenters. The molecule has 0 bridgehead atoms. The van der Waals surface area contributed by atoms with Crippen molar-refractivity contribution in [2.75, 3.05) is 13.2 Å². The van der Waals surface area contributed by atoms with Crippen LogP contribution in [0.1, 0.15) is 25.0 Å². The second-order valence-corrected chi connectivity index (χ2v) is 7.24. The third-order valence-corrected chi connectivity index (χ3v) is 4.66. The molecule has 27 heavy (non-hydrogen) atoms. The fourth-order valence-electron chi connectivity index (χ4n) is 2.62. The molecular weight excluding hydrogens is 408 g/mol. The highest BCUT2D eigenvalue weighted by Gasteiger charge is 2.26. The van der Waals surface area contributed by atoms with E-state index >= 15 is 0 Å². The van der Waals surface area contributed by atoms with E-state index in [9.17, 15) is 9.59 Å². The highest BCUT2D eigenvalue weighted by molar-refractivity contribution is 9.10. The molecule has 0 saturated carbocycles. The number of nitrogens with one attached hydrogen (secondary N) is 1. The summed E-state index contributed by atoms with van der Waals surface area (Å²) in [6, 6.07) is 14.6. The first-order valence-corrected chi connectivity index (χ1v) is 9.71. The van der Waals surface area contributed by atoms with E-state index in [0.29, 0.717) is 18.8 Å². The van der Waals surface area contributed by atoms with Gasteiger partial charge in [0.05, 0.1) is 0 Å². The second-order valence-electron chi connectivity index (χ2n) is 6.32. The zero-order chi connectivity index (χ0) is 19.8. The van der Waals surface area contributed by atoms with Crippen molar-refractivity contribution in [3.63, 3.8) is 0 Å². The molecule has 2 aromatic carbocycles. The summed E-state index contributed by atoms with van der Waals surface area (Å²) in [5.41, 5.74) is 2.00. The maximum atomic E-state index is 12.8. The molecule has 0 fully saturated rings. The van der Waals surface area contributed by atoms with Gasteiger partial charge in [0.1, 0.15) is 11.8 Å². The molecule has 0 aromatic heterocycles. The summed E-state index contributed by atoms with van der Waals surface area (Å²) in [5, 5.41) is 2.78. The number of benzene rings is 2. The number of likely N-dealkylation sites (N-methyl/N-ethyl adjacent to an activating group) is 1. The van der Waals surface area contributed by atoms with Gasteiger partial charge in [-0.15, -0.1) is 0 Å². The van der Waals surface area contributed by atoms with Gasteiger partial charge in [-0.05, 0) is 56.2 Å². The van der Waals surface area contributed by atoms with Crippen molar-refractivity contribution in [3.8, 4) is 5.75 Å². The van der Waals surface area contributed by atoms with Gasteiger partial charge in [-0.3, -0.25) is 9.59 Å². The SMILES string of the molecule is CCNC(=O)[C@@H](C)N(Cc1ccc(Br)cc1)C(=O)COc1cccc(C)c1. The molecule has 6 heteroatoms. The Labute approximate surface area is 168 Å². The van der Waals surface area contributed by atoms with Crippen molar-refractivity contribution in [2.45, 2.75) is 33.4 Å². The molecule has 2 rings (SSSR count). The van der Waals surface area contributed by atoms with Gasteiger partial charge in [-0.1, -0.05) is 40.2 Å². The van der Waals surface area contributed by atoms with Crippen LogP contribution in [0.3, 0.4) is 0 Å². The molecule has 0 aliphatic carbocycles. The first-order chi connectivity index (χ1) is 12.9. The molecule has 0 spiro atoms. The van der Waals surface area contributed by atoms with Crippen LogP contribution in [0.25, 0.3) is 0 Å². The summed E-state index contributed by atoms with van der Waals surface area (Å²) in [4.78, 5) is 26.7. The largest absolute Gasteiger partial charge is 0.484 e. The van der Waals surface area contributed by atoms with E-state index in [1.165, 1.54) is 0 Å². The predicted octanol–water partition coefficient (Wildman–Crippen LogP) is 3.69. The Morgan fingerprint density at radius 1 is 1.19 bits per heavy atom. The van der Waals surface area contributed by atoms with Crippen LogP contribution >= 0.6 is 15.9 Å². The number of ether oxygens (including phenoxy) is 1. The molecule has 2 aromatic rings. The van der Waals surface area contributed by atoms with Gasteiger partial charge in [0, 0.05) is 17.6 Å². The van der Waals surface area contributed by atoms with Gasteiger partial charge in [-0.2, -0.15) is 0 Å². The van der Waals surface area contributed by atoms with Crippen molar-refractivity contribution < 1.29 is 14.3 Å². The lowest BCUT2D eigenvalue weighted by Crippen LogP contribution is -2.49. The summed E-state index contributed by atoms with van der Waals surface area (Å²) in [7, 11) is 0. The van der Waals surface area contributed by atoms with Crippen molar-refractivity contribution in [2.24, 2.45) is 0 Å². The predicted molar refractivity (Wildman–Crippen MR) is 110 cm³/mol. The molecule has 0 aliphatic rings. The number of halogens is 1. The van der Waals surface area contributed by atoms with Crippen LogP contribution in [-0.2, 0) is 16.1 Å². The third kappa shape index (κ3) is 6.40. The Balaban J connectivity index is 2.12. The summed E-state index contributed by atoms with van der Waals surface area (Å²) in [5.74, 6) is 0.217. The maximum Gasteiger partial charge on any atom is 0.261 e. The standard InChI is InChI=1S/C21H25BrN2O3/c1-4-23-21(26)16(3)24(13-17-8-10-18(22)11-9-17)20(25)14-27-19-7-5-6-15(2)12-19/h5-12,16H,4,13-14H2,1-3H3,(H,23,26)/t16-/m1/s1. The number of aryl methyl sites for hydroxylation is 1. The average Bonchev–Trinajstić information content (AvgIpc) is 2.65. The van der Waals surface area contributed by atoms with Crippen molar-refractivity contribution in [1.82, 2.24) is 10.2 Å². The fourth-order valence-corrected chi connectivity index (χ4v) is 2.89. The monoisotopic (exact) mass is 432 g/mol. The smallest absolute Gasteiger partial charge is 0.261 e. The van der Waals surface area contributed by atoms with Crippen LogP contribution in [0.15, 0.2) is 53.0 Å². The minimum atomic E-state index is -0.595. The molecule has 0 saturated heterocycles. The zero-order valence-electron chi connectivity index (χ0n) is 15.9. The van der Waals surface area contributed by atoms with E-state index in [1.54, 1.807) is 11.8 Å². The quantitative estimate of drug-likeness (QED) is 0.691. The Kier molecular flexibility index (Phi) is 7.85. The molecule has 5 nitrogen and oxygen atoms in total. The lowest BCUT2D eigenvalue weighted by molar-refractivity contribution is -0.142. The van der Waals surface area contributed by atoms with Crippen LogP contribution in [0.4, 0.5) is 0 Å². The number of rotatable bonds is 8. The molecule has 0 heterocycles. The number of carbonyl (C=O) groups is 2. The van der Waals surface area contributed by atoms with Crippen molar-refractivity contribution in [3.05, 3.63) is 64.1 Å². The summed E-state index contributed by atoms with van der Waals surface area (Å²) in [6.45, 7) is 6.28. The Bertz CT molecular complexity index is 777. The Morgan fingerprint density at radius 2 is 1.89 bits per heavy atom. The van der Waals surface area contributed by atoms with Crippen LogP contribution in [0.2, 0.25) is 0 Å². The second kappa shape index (κ2) is 10.1. The number of hydrogen-bond donors (Lipinski definition) is 1. The van der Waals surface area contributed by atoms with E-state index in [-0.39, 0.29) is 18.4 Å². The lowest BCUT2D eigenvalue weighted by Gasteiger charge is -2.28. The molecule has 0 unspecified atom stereocenters. The molecule has 1 N–H and O–H groups in total. The first-order valence-electron chi connectivity index (χ1n) is 8.91. The first kappa shape index (κ1) is 21.0. The van der Waals surface area contributed by atoms with E-state index in [0.717, 1.165) is 15.6 Å². The van der Waals surface area contributed by atoms with Crippen LogP contribution in [0, 0.1) is 6.92 Å². The summed E-state index contributed by atoms with van der Waals surface area (Å²) >= 11 is 3.41. The van der Waals surface area contributed by atoms with Gasteiger partial charge >= 0.3 is 0 Å². The number of carbonyl (C=O) groups excluding carboxylic acids is 2. The van der Waals surface area contributed by atoms with E-state index in [2.05, 4.69) is 21.2 Å². The molecule has 0 radical (unpaired) electrons. The average molecular weight is 433 g/mol. The van der Waals surface area contributed by atoms with Gasteiger partial charge in [0.25, 0.3) is 5.91 Å². The van der Waals surface area contributed by atoms with Gasteiger partial charge in [0.15, 0.2) is 6.61 Å². The summed E-state index contributed by atoms with van der Waals surface area (Å²) < 4.78 is 6.61. The van der Waals surface area contributed by atoms with E-state index in [1.807, 2.05) is 62.4 Å². The number of amides is 2. The molecule has 144 valence electrons. The Hall–Kier alpha value is -2.34. The topological polar surface area (TPSA) is 58.6 Å². The summed E-state index contributed by atoms with van der Waals surface area (Å²) in [6.07, 6.45) is 0. The molecular formula is C21H25BrN2O3. The highest BCUT2D eigenvalue weighted by atomic mass is 79.9. The Morgan fingerprint density at radius 3 is 2.52 bits per heavy atom. The van der Waals surface area contributed by atoms with Gasteiger partial charge in [-0.25, -0.2) is 0 Å². The minimum Gasteiger partial charge on any atom is -0.484 e. The van der Waals surface area contributed by atoms with Crippen molar-refractivity contribution >= 4 is 27.7 Å². The maximum absolute atomic E-state index is 12.8. The fraction of sp³-hybridized carbons (Fsp3) is 0.333. The normalized spacial score (nSPS) is 11.6. The van der Waals surface area contributed by atoms with E-state index < -0.39 is 6.04 Å². The molecule has 2 amide bonds. The molecule has 0 aliphatic heterocycles.